The molecule has 0 heterocycles. The van der Waals surface area contributed by atoms with Crippen LogP contribution < -0.4 is 5.73 Å². The molecule has 2 aromatic carbocycles. The zero-order valence-electron chi connectivity index (χ0n) is 15.8. The normalized spacial score (nSPS) is 13.3. The Balaban J connectivity index is 2.13. The van der Waals surface area contributed by atoms with Crippen LogP contribution in [-0.2, 0) is 4.79 Å². The first kappa shape index (κ1) is 24.6. The molecule has 0 spiro atoms. The van der Waals surface area contributed by atoms with Gasteiger partial charge in [-0.15, -0.1) is 0 Å². The first-order chi connectivity index (χ1) is 14.1. The standard InChI is InChI=1S/C21H20Cl2F3NO2S/c22-16-5-6-17(18(23)11-16)14-3-1-13(2-4-14)15(12-21(24,25)26)7-9-30-10-8-19(27)20(28)29/h1-7,11,19H,8-10,12,27H2,(H,28,29)/b15-7+. The lowest BCUT2D eigenvalue weighted by atomic mass is 9.98. The van der Waals surface area contributed by atoms with Gasteiger partial charge in [-0.2, -0.15) is 24.9 Å². The highest BCUT2D eigenvalue weighted by Gasteiger charge is 2.29. The number of allylic oxidation sites excluding steroid dienone is 1. The van der Waals surface area contributed by atoms with Crippen molar-refractivity contribution in [3.8, 4) is 11.1 Å². The average Bonchev–Trinajstić information content (AvgIpc) is 2.66. The molecule has 0 radical (unpaired) electrons. The van der Waals surface area contributed by atoms with E-state index in [0.29, 0.717) is 27.1 Å². The minimum absolute atomic E-state index is 0.159. The number of thioether (sulfide) groups is 1. The summed E-state index contributed by atoms with van der Waals surface area (Å²) >= 11 is 13.4. The first-order valence-corrected chi connectivity index (χ1v) is 10.9. The van der Waals surface area contributed by atoms with Crippen LogP contribution in [0.3, 0.4) is 0 Å². The molecule has 162 valence electrons. The quantitative estimate of drug-likeness (QED) is 0.402. The molecule has 0 fully saturated rings. The number of aliphatic carboxylic acids is 1. The van der Waals surface area contributed by atoms with Crippen LogP contribution in [0.4, 0.5) is 13.2 Å². The van der Waals surface area contributed by atoms with E-state index in [0.717, 1.165) is 11.1 Å². The number of rotatable bonds is 9. The maximum absolute atomic E-state index is 13.0. The Morgan fingerprint density at radius 1 is 1.17 bits per heavy atom. The summed E-state index contributed by atoms with van der Waals surface area (Å²) in [5.41, 5.74) is 7.54. The van der Waals surface area contributed by atoms with Crippen molar-refractivity contribution in [2.75, 3.05) is 11.5 Å². The minimum Gasteiger partial charge on any atom is -0.480 e. The Morgan fingerprint density at radius 2 is 1.83 bits per heavy atom. The molecule has 0 aliphatic heterocycles. The van der Waals surface area contributed by atoms with Gasteiger partial charge in [-0.05, 0) is 41.0 Å². The van der Waals surface area contributed by atoms with Gasteiger partial charge in [0.2, 0.25) is 0 Å². The van der Waals surface area contributed by atoms with Gasteiger partial charge in [0.15, 0.2) is 0 Å². The van der Waals surface area contributed by atoms with Crippen LogP contribution in [0.2, 0.25) is 10.0 Å². The summed E-state index contributed by atoms with van der Waals surface area (Å²) in [7, 11) is 0. The molecule has 30 heavy (non-hydrogen) atoms. The summed E-state index contributed by atoms with van der Waals surface area (Å²) in [6, 6.07) is 10.8. The van der Waals surface area contributed by atoms with Crippen molar-refractivity contribution >= 4 is 46.5 Å². The molecule has 0 aliphatic carbocycles. The molecule has 1 atom stereocenters. The van der Waals surface area contributed by atoms with E-state index >= 15 is 0 Å². The Hall–Kier alpha value is -1.67. The number of nitrogens with two attached hydrogens (primary N) is 1. The molecule has 0 amide bonds. The third-order valence-corrected chi connectivity index (χ3v) is 5.70. The highest BCUT2D eigenvalue weighted by atomic mass is 35.5. The van der Waals surface area contributed by atoms with Crippen molar-refractivity contribution in [2.24, 2.45) is 5.73 Å². The fourth-order valence-corrected chi connectivity index (χ4v) is 4.10. The topological polar surface area (TPSA) is 63.3 Å². The van der Waals surface area contributed by atoms with E-state index < -0.39 is 24.6 Å². The predicted octanol–water partition coefficient (Wildman–Crippen LogP) is 6.53. The Morgan fingerprint density at radius 3 is 2.40 bits per heavy atom. The zero-order valence-corrected chi connectivity index (χ0v) is 18.1. The largest absolute Gasteiger partial charge is 0.480 e. The smallest absolute Gasteiger partial charge is 0.393 e. The number of hydrogen-bond donors (Lipinski definition) is 2. The Kier molecular flexibility index (Phi) is 9.09. The fraction of sp³-hybridized carbons (Fsp3) is 0.286. The Labute approximate surface area is 187 Å². The van der Waals surface area contributed by atoms with Crippen LogP contribution in [0, 0.1) is 0 Å². The van der Waals surface area contributed by atoms with Gasteiger partial charge in [-0.1, -0.05) is 59.6 Å². The van der Waals surface area contributed by atoms with Gasteiger partial charge in [0.25, 0.3) is 0 Å². The fourth-order valence-electron chi connectivity index (χ4n) is 2.67. The van der Waals surface area contributed by atoms with Crippen molar-refractivity contribution in [3.63, 3.8) is 0 Å². The molecule has 0 bridgehead atoms. The maximum atomic E-state index is 13.0. The monoisotopic (exact) mass is 477 g/mol. The van der Waals surface area contributed by atoms with Gasteiger partial charge < -0.3 is 10.8 Å². The number of carboxylic acids is 1. The lowest BCUT2D eigenvalue weighted by Crippen LogP contribution is -2.30. The van der Waals surface area contributed by atoms with Crippen LogP contribution in [0.15, 0.2) is 48.5 Å². The van der Waals surface area contributed by atoms with E-state index in [9.17, 15) is 18.0 Å². The third-order valence-electron chi connectivity index (χ3n) is 4.23. The van der Waals surface area contributed by atoms with Gasteiger partial charge in [0.05, 0.1) is 6.42 Å². The van der Waals surface area contributed by atoms with Crippen molar-refractivity contribution < 1.29 is 23.1 Å². The van der Waals surface area contributed by atoms with Crippen molar-refractivity contribution in [1.29, 1.82) is 0 Å². The number of carboxylic acid groups (broad SMARTS) is 1. The number of hydrogen-bond acceptors (Lipinski definition) is 3. The highest BCUT2D eigenvalue weighted by molar-refractivity contribution is 7.99. The van der Waals surface area contributed by atoms with E-state index in [1.807, 2.05) is 0 Å². The number of benzene rings is 2. The van der Waals surface area contributed by atoms with E-state index in [-0.39, 0.29) is 12.0 Å². The molecule has 0 aromatic heterocycles. The summed E-state index contributed by atoms with van der Waals surface area (Å²) in [5.74, 6) is -0.329. The molecule has 0 saturated heterocycles. The van der Waals surface area contributed by atoms with Gasteiger partial charge in [0, 0.05) is 21.4 Å². The summed E-state index contributed by atoms with van der Waals surface area (Å²) in [5, 5.41) is 9.71. The van der Waals surface area contributed by atoms with Crippen molar-refractivity contribution in [3.05, 3.63) is 64.1 Å². The minimum atomic E-state index is -4.35. The van der Waals surface area contributed by atoms with Crippen LogP contribution in [-0.4, -0.2) is 34.8 Å². The predicted molar refractivity (Wildman–Crippen MR) is 118 cm³/mol. The van der Waals surface area contributed by atoms with Gasteiger partial charge in [-0.3, -0.25) is 4.79 Å². The molecular weight excluding hydrogens is 458 g/mol. The SMILES string of the molecule is NC(CCSC/C=C(\CC(F)(F)F)c1ccc(-c2ccc(Cl)cc2Cl)cc1)C(=O)O. The number of alkyl halides is 3. The highest BCUT2D eigenvalue weighted by Crippen LogP contribution is 2.34. The lowest BCUT2D eigenvalue weighted by Gasteiger charge is -2.13. The maximum Gasteiger partial charge on any atom is 0.393 e. The first-order valence-electron chi connectivity index (χ1n) is 8.94. The molecule has 0 aliphatic rings. The number of halogens is 5. The molecule has 2 rings (SSSR count). The van der Waals surface area contributed by atoms with Crippen LogP contribution in [0.5, 0.6) is 0 Å². The molecule has 3 nitrogen and oxygen atoms in total. The molecular formula is C21H20Cl2F3NO2S. The van der Waals surface area contributed by atoms with E-state index in [1.165, 1.54) is 17.8 Å². The van der Waals surface area contributed by atoms with Gasteiger partial charge >= 0.3 is 12.1 Å². The second-order valence-corrected chi connectivity index (χ2v) is 8.52. The average molecular weight is 478 g/mol. The summed E-state index contributed by atoms with van der Waals surface area (Å²) in [6.45, 7) is 0. The van der Waals surface area contributed by atoms with E-state index in [1.54, 1.807) is 42.5 Å². The van der Waals surface area contributed by atoms with Crippen LogP contribution >= 0.6 is 35.0 Å². The third kappa shape index (κ3) is 7.87. The molecule has 3 N–H and O–H groups in total. The molecule has 1 unspecified atom stereocenters. The van der Waals surface area contributed by atoms with Gasteiger partial charge in [0.1, 0.15) is 6.04 Å². The van der Waals surface area contributed by atoms with Crippen molar-refractivity contribution in [1.82, 2.24) is 0 Å². The van der Waals surface area contributed by atoms with Crippen LogP contribution in [0.25, 0.3) is 16.7 Å². The second kappa shape index (κ2) is 11.1. The van der Waals surface area contributed by atoms with Crippen LogP contribution in [0.1, 0.15) is 18.4 Å². The molecule has 2 aromatic rings. The molecule has 0 saturated carbocycles. The van der Waals surface area contributed by atoms with Gasteiger partial charge in [-0.25, -0.2) is 0 Å². The summed E-state index contributed by atoms with van der Waals surface area (Å²) in [6.07, 6.45) is -3.63. The van der Waals surface area contributed by atoms with Crippen molar-refractivity contribution in [2.45, 2.75) is 25.1 Å². The lowest BCUT2D eigenvalue weighted by molar-refractivity contribution is -0.138. The van der Waals surface area contributed by atoms with E-state index in [4.69, 9.17) is 34.0 Å². The summed E-state index contributed by atoms with van der Waals surface area (Å²) < 4.78 is 39.1. The number of carbonyl (C=O) groups is 1. The molecule has 9 heteroatoms. The van der Waals surface area contributed by atoms with E-state index in [2.05, 4.69) is 0 Å². The zero-order chi connectivity index (χ0) is 22.3. The second-order valence-electron chi connectivity index (χ2n) is 6.53. The Bertz CT molecular complexity index is 902. The summed E-state index contributed by atoms with van der Waals surface area (Å²) in [4.78, 5) is 10.7.